The molecular weight excluding hydrogens is 262 g/mol. The number of methoxy groups -OCH3 is 1. The fourth-order valence-corrected chi connectivity index (χ4v) is 4.18. The van der Waals surface area contributed by atoms with Crippen LogP contribution in [-0.4, -0.2) is 25.9 Å². The molecule has 0 heterocycles. The molecule has 3 nitrogen and oxygen atoms in total. The molecule has 0 radical (unpaired) electrons. The minimum absolute atomic E-state index is 0.358. The van der Waals surface area contributed by atoms with Gasteiger partial charge in [0.25, 0.3) is 0 Å². The van der Waals surface area contributed by atoms with Gasteiger partial charge in [0.05, 0.1) is 13.2 Å². The predicted molar refractivity (Wildman–Crippen MR) is 86.0 cm³/mol. The summed E-state index contributed by atoms with van der Waals surface area (Å²) in [6.07, 6.45) is 8.27. The molecule has 3 rings (SSSR count). The number of ether oxygens (including phenoxy) is 2. The Morgan fingerprint density at radius 3 is 2.76 bits per heavy atom. The van der Waals surface area contributed by atoms with Crippen molar-refractivity contribution < 1.29 is 9.47 Å². The van der Waals surface area contributed by atoms with Crippen LogP contribution in [0.25, 0.3) is 0 Å². The van der Waals surface area contributed by atoms with Crippen LogP contribution in [0.5, 0.6) is 5.75 Å². The Kier molecular flexibility index (Phi) is 4.39. The Balaban J connectivity index is 1.72. The van der Waals surface area contributed by atoms with Gasteiger partial charge in [0.1, 0.15) is 5.75 Å². The average molecular weight is 289 g/mol. The summed E-state index contributed by atoms with van der Waals surface area (Å²) < 4.78 is 11.3. The number of rotatable bonds is 5. The zero-order chi connectivity index (χ0) is 14.7. The lowest BCUT2D eigenvalue weighted by Crippen LogP contribution is -2.62. The highest BCUT2D eigenvalue weighted by molar-refractivity contribution is 5.50. The standard InChI is InChI=1S/C18H27NO2/c1-3-21-17-13-16(18(17)10-5-4-6-11-18)19-14-8-7-9-15(12-14)20-2/h7-9,12,16-17,19H,3-6,10-11,13H2,1-2H3. The Bertz CT molecular complexity index is 468. The molecule has 0 aromatic heterocycles. The van der Waals surface area contributed by atoms with Gasteiger partial charge in [0.2, 0.25) is 0 Å². The molecule has 0 saturated heterocycles. The van der Waals surface area contributed by atoms with Gasteiger partial charge in [-0.3, -0.25) is 0 Å². The highest BCUT2D eigenvalue weighted by Gasteiger charge is 2.55. The second-order valence-electron chi connectivity index (χ2n) is 6.40. The van der Waals surface area contributed by atoms with Crippen molar-refractivity contribution in [3.05, 3.63) is 24.3 Å². The van der Waals surface area contributed by atoms with Gasteiger partial charge in [-0.15, -0.1) is 0 Å². The van der Waals surface area contributed by atoms with E-state index in [0.717, 1.165) is 18.8 Å². The Hall–Kier alpha value is -1.22. The number of benzene rings is 1. The monoisotopic (exact) mass is 289 g/mol. The molecule has 2 saturated carbocycles. The van der Waals surface area contributed by atoms with Crippen molar-refractivity contribution in [3.63, 3.8) is 0 Å². The van der Waals surface area contributed by atoms with Gasteiger partial charge in [0, 0.05) is 29.8 Å². The van der Waals surface area contributed by atoms with E-state index < -0.39 is 0 Å². The van der Waals surface area contributed by atoms with Crippen LogP contribution < -0.4 is 10.1 Å². The Morgan fingerprint density at radius 1 is 1.24 bits per heavy atom. The second-order valence-corrected chi connectivity index (χ2v) is 6.40. The van der Waals surface area contributed by atoms with Crippen LogP contribution >= 0.6 is 0 Å². The van der Waals surface area contributed by atoms with E-state index in [1.165, 1.54) is 37.8 Å². The first-order chi connectivity index (χ1) is 10.3. The minimum atomic E-state index is 0.358. The third-order valence-electron chi connectivity index (χ3n) is 5.35. The van der Waals surface area contributed by atoms with Crippen LogP contribution in [0.2, 0.25) is 0 Å². The molecule has 0 amide bonds. The predicted octanol–water partition coefficient (Wildman–Crippen LogP) is 4.24. The third kappa shape index (κ3) is 2.76. The van der Waals surface area contributed by atoms with Crippen LogP contribution in [-0.2, 0) is 4.74 Å². The Morgan fingerprint density at radius 2 is 2.05 bits per heavy atom. The summed E-state index contributed by atoms with van der Waals surface area (Å²) in [5.41, 5.74) is 1.52. The van der Waals surface area contributed by atoms with Crippen molar-refractivity contribution in [2.45, 2.75) is 57.6 Å². The molecule has 2 unspecified atom stereocenters. The second kappa shape index (κ2) is 6.27. The van der Waals surface area contributed by atoms with E-state index in [2.05, 4.69) is 24.4 Å². The largest absolute Gasteiger partial charge is 0.497 e. The quantitative estimate of drug-likeness (QED) is 0.879. The molecule has 2 aliphatic carbocycles. The van der Waals surface area contributed by atoms with Gasteiger partial charge in [-0.1, -0.05) is 25.3 Å². The van der Waals surface area contributed by atoms with E-state index in [9.17, 15) is 0 Å². The van der Waals surface area contributed by atoms with E-state index in [4.69, 9.17) is 9.47 Å². The van der Waals surface area contributed by atoms with E-state index in [-0.39, 0.29) is 0 Å². The van der Waals surface area contributed by atoms with Crippen molar-refractivity contribution >= 4 is 5.69 Å². The van der Waals surface area contributed by atoms with E-state index in [1.54, 1.807) is 7.11 Å². The van der Waals surface area contributed by atoms with Crippen molar-refractivity contribution in [2.75, 3.05) is 19.0 Å². The summed E-state index contributed by atoms with van der Waals surface area (Å²) in [5, 5.41) is 3.74. The number of hydrogen-bond acceptors (Lipinski definition) is 3. The molecule has 21 heavy (non-hydrogen) atoms. The average Bonchev–Trinajstić information content (AvgIpc) is 2.55. The van der Waals surface area contributed by atoms with E-state index in [0.29, 0.717) is 17.6 Å². The normalized spacial score (nSPS) is 27.1. The first-order valence-corrected chi connectivity index (χ1v) is 8.30. The molecule has 3 heteroatoms. The molecular formula is C18H27NO2. The summed E-state index contributed by atoms with van der Waals surface area (Å²) in [6.45, 7) is 2.94. The zero-order valence-electron chi connectivity index (χ0n) is 13.2. The molecule has 2 aliphatic rings. The van der Waals surface area contributed by atoms with Gasteiger partial charge in [-0.25, -0.2) is 0 Å². The van der Waals surface area contributed by atoms with Gasteiger partial charge in [-0.05, 0) is 38.3 Å². The fourth-order valence-electron chi connectivity index (χ4n) is 4.18. The summed E-state index contributed by atoms with van der Waals surface area (Å²) in [4.78, 5) is 0. The molecule has 116 valence electrons. The topological polar surface area (TPSA) is 30.5 Å². The molecule has 0 bridgehead atoms. The van der Waals surface area contributed by atoms with Gasteiger partial charge >= 0.3 is 0 Å². The van der Waals surface area contributed by atoms with E-state index >= 15 is 0 Å². The van der Waals surface area contributed by atoms with Crippen LogP contribution in [0, 0.1) is 5.41 Å². The zero-order valence-corrected chi connectivity index (χ0v) is 13.2. The maximum absolute atomic E-state index is 6.02. The smallest absolute Gasteiger partial charge is 0.120 e. The van der Waals surface area contributed by atoms with Crippen LogP contribution in [0.3, 0.4) is 0 Å². The summed E-state index contributed by atoms with van der Waals surface area (Å²) in [5.74, 6) is 0.915. The maximum Gasteiger partial charge on any atom is 0.120 e. The molecule has 1 aromatic rings. The first kappa shape index (κ1) is 14.7. The lowest BCUT2D eigenvalue weighted by Gasteiger charge is -2.58. The highest BCUT2D eigenvalue weighted by Crippen LogP contribution is 2.54. The summed E-state index contributed by atoms with van der Waals surface area (Å²) >= 11 is 0. The maximum atomic E-state index is 6.02. The molecule has 2 fully saturated rings. The number of nitrogens with one attached hydrogen (secondary N) is 1. The molecule has 1 aromatic carbocycles. The number of hydrogen-bond donors (Lipinski definition) is 1. The van der Waals surface area contributed by atoms with Crippen molar-refractivity contribution in [2.24, 2.45) is 5.41 Å². The van der Waals surface area contributed by atoms with Crippen molar-refractivity contribution in [1.82, 2.24) is 0 Å². The summed E-state index contributed by atoms with van der Waals surface area (Å²) in [6, 6.07) is 8.80. The Labute approximate surface area is 128 Å². The van der Waals surface area contributed by atoms with Crippen molar-refractivity contribution in [1.29, 1.82) is 0 Å². The number of anilines is 1. The van der Waals surface area contributed by atoms with Gasteiger partial charge in [0.15, 0.2) is 0 Å². The highest BCUT2D eigenvalue weighted by atomic mass is 16.5. The third-order valence-corrected chi connectivity index (χ3v) is 5.35. The molecule has 2 atom stereocenters. The van der Waals surface area contributed by atoms with Crippen LogP contribution in [0.1, 0.15) is 45.4 Å². The SMILES string of the molecule is CCOC1CC(Nc2cccc(OC)c2)C12CCCCC2. The van der Waals surface area contributed by atoms with E-state index in [1.807, 2.05) is 12.1 Å². The first-order valence-electron chi connectivity index (χ1n) is 8.30. The van der Waals surface area contributed by atoms with Crippen LogP contribution in [0.15, 0.2) is 24.3 Å². The van der Waals surface area contributed by atoms with Gasteiger partial charge in [-0.2, -0.15) is 0 Å². The lowest BCUT2D eigenvalue weighted by molar-refractivity contribution is -0.134. The summed E-state index contributed by atoms with van der Waals surface area (Å²) in [7, 11) is 1.72. The lowest BCUT2D eigenvalue weighted by atomic mass is 9.55. The van der Waals surface area contributed by atoms with Gasteiger partial charge < -0.3 is 14.8 Å². The molecule has 1 N–H and O–H groups in total. The molecule has 0 aliphatic heterocycles. The minimum Gasteiger partial charge on any atom is -0.497 e. The van der Waals surface area contributed by atoms with Crippen molar-refractivity contribution in [3.8, 4) is 5.75 Å². The fraction of sp³-hybridized carbons (Fsp3) is 0.667. The van der Waals surface area contributed by atoms with Crippen LogP contribution in [0.4, 0.5) is 5.69 Å². The molecule has 1 spiro atoms.